The molecule has 13 nitrogen and oxygen atoms in total. The zero-order valence-corrected chi connectivity index (χ0v) is 21.6. The topological polar surface area (TPSA) is 198 Å². The van der Waals surface area contributed by atoms with E-state index in [1.165, 1.54) is 4.57 Å². The van der Waals surface area contributed by atoms with Crippen molar-refractivity contribution in [2.24, 2.45) is 11.5 Å². The van der Waals surface area contributed by atoms with Gasteiger partial charge < -0.3 is 40.7 Å². The number of esters is 1. The van der Waals surface area contributed by atoms with Crippen molar-refractivity contribution in [2.75, 3.05) is 6.79 Å². The van der Waals surface area contributed by atoms with Gasteiger partial charge in [0.25, 0.3) is 5.56 Å². The van der Waals surface area contributed by atoms with Gasteiger partial charge in [0, 0.05) is 35.5 Å². The summed E-state index contributed by atoms with van der Waals surface area (Å²) in [7, 11) is 0. The van der Waals surface area contributed by atoms with Gasteiger partial charge in [-0.05, 0) is 30.5 Å². The molecule has 0 fully saturated rings. The first-order valence-corrected chi connectivity index (χ1v) is 12.9. The molecule has 3 aromatic rings. The lowest BCUT2D eigenvalue weighted by Gasteiger charge is -2.31. The summed E-state index contributed by atoms with van der Waals surface area (Å²) in [6, 6.07) is 4.19. The highest BCUT2D eigenvalue weighted by molar-refractivity contribution is 5.92. The van der Waals surface area contributed by atoms with Crippen molar-refractivity contribution >= 4 is 28.7 Å². The zero-order valence-electron chi connectivity index (χ0n) is 21.6. The Bertz CT molecular complexity index is 1680. The number of aliphatic hydroxyl groups is 1. The molecule has 5 heterocycles. The molecule has 13 heteroatoms. The molecule has 0 radical (unpaired) electrons. The lowest BCUT2D eigenvalue weighted by atomic mass is 9.86. The fraction of sp³-hybridized carbons (Fsp3) is 0.370. The number of carbonyl (C=O) groups excluding carboxylic acids is 3. The van der Waals surface area contributed by atoms with E-state index in [1.54, 1.807) is 25.1 Å². The Balaban J connectivity index is 1.48. The molecule has 1 aromatic carbocycles. The molecular weight excluding hydrogens is 522 g/mol. The molecule has 0 spiro atoms. The Morgan fingerprint density at radius 3 is 2.65 bits per heavy atom. The summed E-state index contributed by atoms with van der Waals surface area (Å²) < 4.78 is 17.8. The normalized spacial score (nSPS) is 19.0. The average Bonchev–Trinajstić information content (AvgIpc) is 3.55. The van der Waals surface area contributed by atoms with Crippen molar-refractivity contribution in [3.05, 3.63) is 50.8 Å². The second kappa shape index (κ2) is 9.31. The molecule has 0 saturated carbocycles. The molecule has 2 atom stereocenters. The predicted octanol–water partition coefficient (Wildman–Crippen LogP) is 0.0173. The first kappa shape index (κ1) is 25.8. The number of carbonyl (C=O) groups is 3. The molecule has 0 bridgehead atoms. The monoisotopic (exact) mass is 549 g/mol. The lowest BCUT2D eigenvalue weighted by Crippen LogP contribution is -2.44. The Hall–Kier alpha value is -4.49. The Labute approximate surface area is 227 Å². The number of primary amides is 1. The highest BCUT2D eigenvalue weighted by atomic mass is 16.7. The smallest absolute Gasteiger partial charge is 0.343 e. The zero-order chi connectivity index (χ0) is 28.3. The molecule has 2 amide bonds. The van der Waals surface area contributed by atoms with Crippen LogP contribution in [-0.2, 0) is 44.4 Å². The van der Waals surface area contributed by atoms with E-state index in [0.717, 1.165) is 0 Å². The fourth-order valence-corrected chi connectivity index (χ4v) is 5.49. The first-order valence-electron chi connectivity index (χ1n) is 12.9. The van der Waals surface area contributed by atoms with E-state index >= 15 is 0 Å². The number of nitrogens with zero attached hydrogens (tertiary/aromatic N) is 2. The Morgan fingerprint density at radius 2 is 1.93 bits per heavy atom. The van der Waals surface area contributed by atoms with Gasteiger partial charge in [-0.1, -0.05) is 6.92 Å². The standard InChI is InChI=1S/C27H27N5O8/c1-2-27(37)16-6-19-23-14(9-32(19)25(35)15(16)10-38-26(27)36)13(8-30-24(34)17(28)3-4-22(29)33)12-5-20-21(40-11-39-20)7-18(12)31-23/h5-7,17,37H,2-4,8-11,28H2,1H3,(H2,29,33)(H,30,34)/t17-,27-/m0/s1. The maximum atomic E-state index is 13.6. The van der Waals surface area contributed by atoms with Gasteiger partial charge in [0.05, 0.1) is 35.1 Å². The van der Waals surface area contributed by atoms with Crippen molar-refractivity contribution in [2.45, 2.75) is 57.5 Å². The van der Waals surface area contributed by atoms with Crippen LogP contribution in [0.25, 0.3) is 22.3 Å². The Kier molecular flexibility index (Phi) is 6.00. The summed E-state index contributed by atoms with van der Waals surface area (Å²) in [6.07, 6.45) is 0.101. The van der Waals surface area contributed by atoms with Gasteiger partial charge in [0.1, 0.15) is 6.61 Å². The number of pyridine rings is 2. The number of amides is 2. The van der Waals surface area contributed by atoms with Crippen LogP contribution in [0.1, 0.15) is 48.4 Å². The first-order chi connectivity index (χ1) is 19.1. The molecule has 6 rings (SSSR count). The van der Waals surface area contributed by atoms with Crippen LogP contribution in [0, 0.1) is 0 Å². The molecule has 2 aromatic heterocycles. The summed E-state index contributed by atoms with van der Waals surface area (Å²) in [5.74, 6) is -0.794. The average molecular weight is 550 g/mol. The third-order valence-corrected chi connectivity index (χ3v) is 7.78. The quantitative estimate of drug-likeness (QED) is 0.228. The third-order valence-electron chi connectivity index (χ3n) is 7.78. The highest BCUT2D eigenvalue weighted by Gasteiger charge is 2.45. The maximum Gasteiger partial charge on any atom is 0.343 e. The molecule has 3 aliphatic rings. The summed E-state index contributed by atoms with van der Waals surface area (Å²) >= 11 is 0. The molecule has 0 aliphatic carbocycles. The van der Waals surface area contributed by atoms with E-state index in [2.05, 4.69) is 5.32 Å². The summed E-state index contributed by atoms with van der Waals surface area (Å²) in [4.78, 5) is 54.8. The number of hydrogen-bond donors (Lipinski definition) is 4. The molecular formula is C27H27N5O8. The van der Waals surface area contributed by atoms with Crippen LogP contribution in [-0.4, -0.2) is 45.3 Å². The van der Waals surface area contributed by atoms with Crippen LogP contribution < -0.4 is 31.8 Å². The molecule has 6 N–H and O–H groups in total. The van der Waals surface area contributed by atoms with Gasteiger partial charge in [-0.3, -0.25) is 14.4 Å². The number of cyclic esters (lactones) is 1. The lowest BCUT2D eigenvalue weighted by molar-refractivity contribution is -0.172. The summed E-state index contributed by atoms with van der Waals surface area (Å²) in [6.45, 7) is 1.65. The van der Waals surface area contributed by atoms with Gasteiger partial charge in [-0.2, -0.15) is 0 Å². The molecule has 208 valence electrons. The van der Waals surface area contributed by atoms with Crippen LogP contribution in [0.4, 0.5) is 0 Å². The number of rotatable bonds is 7. The predicted molar refractivity (Wildman–Crippen MR) is 139 cm³/mol. The second-order valence-corrected chi connectivity index (χ2v) is 10.1. The van der Waals surface area contributed by atoms with E-state index in [1.807, 2.05) is 0 Å². The highest BCUT2D eigenvalue weighted by Crippen LogP contribution is 2.43. The third kappa shape index (κ3) is 3.88. The van der Waals surface area contributed by atoms with Gasteiger partial charge in [-0.15, -0.1) is 0 Å². The minimum Gasteiger partial charge on any atom is -0.458 e. The van der Waals surface area contributed by atoms with E-state index in [9.17, 15) is 24.3 Å². The number of benzene rings is 1. The van der Waals surface area contributed by atoms with E-state index in [0.29, 0.717) is 44.9 Å². The van der Waals surface area contributed by atoms with Crippen molar-refractivity contribution in [1.29, 1.82) is 0 Å². The molecule has 40 heavy (non-hydrogen) atoms. The second-order valence-electron chi connectivity index (χ2n) is 10.1. The number of hydrogen-bond acceptors (Lipinski definition) is 10. The molecule has 0 unspecified atom stereocenters. The largest absolute Gasteiger partial charge is 0.458 e. The van der Waals surface area contributed by atoms with Crippen molar-refractivity contribution in [3.8, 4) is 22.9 Å². The SMILES string of the molecule is CC[C@@]1(O)C(=O)OCc2c1cc1n(c2=O)Cc2c-1nc1cc3c(cc1c2CNC(=O)[C@@H](N)CCC(N)=O)OCO3. The molecule has 0 saturated heterocycles. The number of nitrogens with one attached hydrogen (secondary N) is 1. The van der Waals surface area contributed by atoms with E-state index in [-0.39, 0.29) is 56.9 Å². The fourth-order valence-electron chi connectivity index (χ4n) is 5.49. The van der Waals surface area contributed by atoms with Gasteiger partial charge in [0.15, 0.2) is 17.1 Å². The Morgan fingerprint density at radius 1 is 1.18 bits per heavy atom. The van der Waals surface area contributed by atoms with E-state index < -0.39 is 35.0 Å². The summed E-state index contributed by atoms with van der Waals surface area (Å²) in [5, 5.41) is 14.7. The van der Waals surface area contributed by atoms with Crippen molar-refractivity contribution in [1.82, 2.24) is 14.9 Å². The van der Waals surface area contributed by atoms with Gasteiger partial charge in [-0.25, -0.2) is 9.78 Å². The van der Waals surface area contributed by atoms with Crippen LogP contribution >= 0.6 is 0 Å². The minimum atomic E-state index is -1.95. The molecule has 3 aliphatic heterocycles. The van der Waals surface area contributed by atoms with Crippen LogP contribution in [0.3, 0.4) is 0 Å². The van der Waals surface area contributed by atoms with Crippen LogP contribution in [0.15, 0.2) is 23.0 Å². The summed E-state index contributed by atoms with van der Waals surface area (Å²) in [5.41, 5.74) is 12.0. The number of fused-ring (bicyclic) bond motifs is 6. The van der Waals surface area contributed by atoms with Crippen molar-refractivity contribution in [3.63, 3.8) is 0 Å². The maximum absolute atomic E-state index is 13.6. The van der Waals surface area contributed by atoms with Crippen LogP contribution in [0.2, 0.25) is 0 Å². The van der Waals surface area contributed by atoms with Gasteiger partial charge >= 0.3 is 5.97 Å². The van der Waals surface area contributed by atoms with Crippen LogP contribution in [0.5, 0.6) is 11.5 Å². The van der Waals surface area contributed by atoms with Gasteiger partial charge in [0.2, 0.25) is 18.6 Å². The number of nitrogens with two attached hydrogens (primary N) is 2. The number of ether oxygens (including phenoxy) is 3. The van der Waals surface area contributed by atoms with Crippen molar-refractivity contribution < 1.29 is 33.7 Å². The number of aromatic nitrogens is 2. The van der Waals surface area contributed by atoms with E-state index in [4.69, 9.17) is 30.7 Å². The minimum absolute atomic E-state index is 0.0229.